The van der Waals surface area contributed by atoms with Crippen molar-refractivity contribution in [2.24, 2.45) is 0 Å². The molecule has 104 valence electrons. The van der Waals surface area contributed by atoms with Crippen molar-refractivity contribution in [3.63, 3.8) is 0 Å². The van der Waals surface area contributed by atoms with E-state index in [1.807, 2.05) is 12.1 Å². The Labute approximate surface area is 121 Å². The molecule has 1 fully saturated rings. The predicted octanol–water partition coefficient (Wildman–Crippen LogP) is 2.74. The summed E-state index contributed by atoms with van der Waals surface area (Å²) in [7, 11) is 0. The first kappa shape index (κ1) is 13.2. The summed E-state index contributed by atoms with van der Waals surface area (Å²) in [5.41, 5.74) is 0.871. The minimum Gasteiger partial charge on any atom is -0.454 e. The van der Waals surface area contributed by atoms with E-state index in [4.69, 9.17) is 9.47 Å². The first-order chi connectivity index (χ1) is 9.25. The summed E-state index contributed by atoms with van der Waals surface area (Å²) in [6.45, 7) is 1.22. The topological polar surface area (TPSA) is 50.7 Å². The van der Waals surface area contributed by atoms with Crippen LogP contribution in [-0.2, 0) is 0 Å². The molecule has 0 spiro atoms. The van der Waals surface area contributed by atoms with Crippen molar-refractivity contribution in [3.05, 3.63) is 22.2 Å². The van der Waals surface area contributed by atoms with E-state index in [9.17, 15) is 5.11 Å². The fourth-order valence-electron chi connectivity index (χ4n) is 2.72. The van der Waals surface area contributed by atoms with Crippen molar-refractivity contribution in [2.45, 2.75) is 37.8 Å². The second kappa shape index (κ2) is 5.69. The SMILES string of the molecule is OC(c1cc(Br)c2c(c1)OCO2)C1CCCCCN1. The van der Waals surface area contributed by atoms with Crippen LogP contribution in [0.2, 0.25) is 0 Å². The molecule has 5 heteroatoms. The van der Waals surface area contributed by atoms with Gasteiger partial charge in [-0.1, -0.05) is 12.8 Å². The number of hydrogen-bond donors (Lipinski definition) is 2. The molecule has 0 aliphatic carbocycles. The Kier molecular flexibility index (Phi) is 3.96. The summed E-state index contributed by atoms with van der Waals surface area (Å²) in [5, 5.41) is 14.0. The average Bonchev–Trinajstić information content (AvgIpc) is 2.72. The molecule has 2 atom stereocenters. The van der Waals surface area contributed by atoms with Crippen LogP contribution in [-0.4, -0.2) is 24.5 Å². The number of nitrogens with one attached hydrogen (secondary N) is 1. The zero-order valence-electron chi connectivity index (χ0n) is 10.7. The Bertz CT molecular complexity index is 458. The Morgan fingerprint density at radius 1 is 1.26 bits per heavy atom. The fraction of sp³-hybridized carbons (Fsp3) is 0.571. The second-order valence-corrected chi connectivity index (χ2v) is 5.95. The van der Waals surface area contributed by atoms with E-state index in [0.29, 0.717) is 5.75 Å². The Balaban J connectivity index is 1.83. The molecule has 2 aliphatic heterocycles. The van der Waals surface area contributed by atoms with Crippen LogP contribution in [0.4, 0.5) is 0 Å². The molecule has 0 aromatic heterocycles. The number of benzene rings is 1. The molecule has 1 aromatic carbocycles. The number of halogens is 1. The number of hydrogen-bond acceptors (Lipinski definition) is 4. The summed E-state index contributed by atoms with van der Waals surface area (Å²) >= 11 is 3.47. The molecule has 0 radical (unpaired) electrons. The molecule has 2 heterocycles. The van der Waals surface area contributed by atoms with Gasteiger partial charge in [-0.15, -0.1) is 0 Å². The van der Waals surface area contributed by atoms with E-state index in [0.717, 1.165) is 28.8 Å². The highest BCUT2D eigenvalue weighted by Crippen LogP contribution is 2.41. The highest BCUT2D eigenvalue weighted by molar-refractivity contribution is 9.10. The molecule has 1 saturated heterocycles. The normalized spacial score (nSPS) is 24.0. The number of aliphatic hydroxyl groups is 1. The third kappa shape index (κ3) is 2.73. The van der Waals surface area contributed by atoms with Gasteiger partial charge in [0, 0.05) is 6.04 Å². The van der Waals surface area contributed by atoms with Crippen molar-refractivity contribution < 1.29 is 14.6 Å². The zero-order chi connectivity index (χ0) is 13.2. The molecule has 2 unspecified atom stereocenters. The molecule has 3 rings (SSSR count). The predicted molar refractivity (Wildman–Crippen MR) is 75.5 cm³/mol. The zero-order valence-corrected chi connectivity index (χ0v) is 12.3. The van der Waals surface area contributed by atoms with Crippen molar-refractivity contribution >= 4 is 15.9 Å². The van der Waals surface area contributed by atoms with Crippen LogP contribution in [0.15, 0.2) is 16.6 Å². The molecule has 1 aromatic rings. The van der Waals surface area contributed by atoms with Gasteiger partial charge in [0.2, 0.25) is 6.79 Å². The highest BCUT2D eigenvalue weighted by atomic mass is 79.9. The lowest BCUT2D eigenvalue weighted by molar-refractivity contribution is 0.126. The fourth-order valence-corrected chi connectivity index (χ4v) is 3.29. The monoisotopic (exact) mass is 327 g/mol. The molecule has 4 nitrogen and oxygen atoms in total. The second-order valence-electron chi connectivity index (χ2n) is 5.09. The third-order valence-electron chi connectivity index (χ3n) is 3.77. The Morgan fingerprint density at radius 2 is 2.16 bits per heavy atom. The van der Waals surface area contributed by atoms with E-state index >= 15 is 0 Å². The summed E-state index contributed by atoms with van der Waals surface area (Å²) in [6, 6.07) is 3.92. The van der Waals surface area contributed by atoms with Gasteiger partial charge < -0.3 is 19.9 Å². The standard InChI is InChI=1S/C14H18BrNO3/c15-10-6-9(7-12-14(10)19-8-18-12)13(17)11-4-2-1-3-5-16-11/h6-7,11,13,16-17H,1-5,8H2. The van der Waals surface area contributed by atoms with Gasteiger partial charge in [0.1, 0.15) is 0 Å². The number of ether oxygens (including phenoxy) is 2. The van der Waals surface area contributed by atoms with Gasteiger partial charge in [0.25, 0.3) is 0 Å². The van der Waals surface area contributed by atoms with E-state index < -0.39 is 6.10 Å². The maximum absolute atomic E-state index is 10.5. The van der Waals surface area contributed by atoms with Gasteiger partial charge >= 0.3 is 0 Å². The summed E-state index contributed by atoms with van der Waals surface area (Å²) < 4.78 is 11.6. The molecule has 0 bridgehead atoms. The lowest BCUT2D eigenvalue weighted by atomic mass is 9.98. The molecule has 19 heavy (non-hydrogen) atoms. The van der Waals surface area contributed by atoms with Crippen molar-refractivity contribution in [3.8, 4) is 11.5 Å². The molecule has 0 amide bonds. The van der Waals surface area contributed by atoms with Crippen molar-refractivity contribution in [2.75, 3.05) is 13.3 Å². The smallest absolute Gasteiger partial charge is 0.231 e. The van der Waals surface area contributed by atoms with Gasteiger partial charge in [-0.25, -0.2) is 0 Å². The van der Waals surface area contributed by atoms with Crippen LogP contribution in [0.5, 0.6) is 11.5 Å². The van der Waals surface area contributed by atoms with Crippen LogP contribution in [0.25, 0.3) is 0 Å². The Hall–Kier alpha value is -0.780. The van der Waals surface area contributed by atoms with Crippen LogP contribution < -0.4 is 14.8 Å². The van der Waals surface area contributed by atoms with Crippen molar-refractivity contribution in [1.82, 2.24) is 5.32 Å². The molecule has 0 saturated carbocycles. The van der Waals surface area contributed by atoms with Crippen LogP contribution >= 0.6 is 15.9 Å². The quantitative estimate of drug-likeness (QED) is 0.877. The largest absolute Gasteiger partial charge is 0.454 e. The van der Waals surface area contributed by atoms with Crippen LogP contribution in [0.1, 0.15) is 37.4 Å². The van der Waals surface area contributed by atoms with Crippen molar-refractivity contribution in [1.29, 1.82) is 0 Å². The molecular formula is C14H18BrNO3. The summed E-state index contributed by atoms with van der Waals surface area (Å²) in [4.78, 5) is 0. The lowest BCUT2D eigenvalue weighted by Crippen LogP contribution is -2.34. The number of fused-ring (bicyclic) bond motifs is 1. The number of rotatable bonds is 2. The Morgan fingerprint density at radius 3 is 3.05 bits per heavy atom. The van der Waals surface area contributed by atoms with E-state index in [2.05, 4.69) is 21.2 Å². The van der Waals surface area contributed by atoms with E-state index in [1.54, 1.807) is 0 Å². The summed E-state index contributed by atoms with van der Waals surface area (Å²) in [6.07, 6.45) is 4.09. The minimum absolute atomic E-state index is 0.120. The third-order valence-corrected chi connectivity index (χ3v) is 4.36. The van der Waals surface area contributed by atoms with Crippen LogP contribution in [0, 0.1) is 0 Å². The first-order valence-corrected chi connectivity index (χ1v) is 7.55. The van der Waals surface area contributed by atoms with E-state index in [-0.39, 0.29) is 12.8 Å². The summed E-state index contributed by atoms with van der Waals surface area (Å²) in [5.74, 6) is 1.43. The minimum atomic E-state index is -0.510. The molecule has 2 N–H and O–H groups in total. The lowest BCUT2D eigenvalue weighted by Gasteiger charge is -2.23. The maximum Gasteiger partial charge on any atom is 0.231 e. The van der Waals surface area contributed by atoms with E-state index in [1.165, 1.54) is 19.3 Å². The average molecular weight is 328 g/mol. The maximum atomic E-state index is 10.5. The van der Waals surface area contributed by atoms with Gasteiger partial charge in [-0.05, 0) is 53.0 Å². The van der Waals surface area contributed by atoms with Crippen LogP contribution in [0.3, 0.4) is 0 Å². The first-order valence-electron chi connectivity index (χ1n) is 6.76. The van der Waals surface area contributed by atoms with Gasteiger partial charge in [-0.3, -0.25) is 0 Å². The van der Waals surface area contributed by atoms with Gasteiger partial charge in [0.15, 0.2) is 11.5 Å². The van der Waals surface area contributed by atoms with Gasteiger partial charge in [0.05, 0.1) is 10.6 Å². The highest BCUT2D eigenvalue weighted by Gasteiger charge is 2.25. The number of aliphatic hydroxyl groups excluding tert-OH is 1. The molecule has 2 aliphatic rings. The van der Waals surface area contributed by atoms with Gasteiger partial charge in [-0.2, -0.15) is 0 Å². The molecular weight excluding hydrogens is 310 g/mol.